The molecule has 3 saturated heterocycles. The molecule has 2 unspecified atom stereocenters. The number of benzene rings is 3. The lowest BCUT2D eigenvalue weighted by Crippen LogP contribution is -2.55. The molecule has 8 rings (SSSR count). The monoisotopic (exact) mass is 993 g/mol. The minimum atomic E-state index is -3.95. The minimum Gasteiger partial charge on any atom is -0.479 e. The summed E-state index contributed by atoms with van der Waals surface area (Å²) in [7, 11) is -2.31. The Morgan fingerprint density at radius 1 is 0.971 bits per heavy atom. The molecular weight excluding hydrogens is 945 g/mol. The van der Waals surface area contributed by atoms with Gasteiger partial charge in [0.25, 0.3) is 0 Å². The van der Waals surface area contributed by atoms with Crippen molar-refractivity contribution in [1.29, 1.82) is 0 Å². The van der Waals surface area contributed by atoms with E-state index in [1.54, 1.807) is 36.2 Å². The number of aryl methyl sites for hydroxylation is 1. The SMILES string of the molecule is Cn1c(=O)n(C2CCC(=O)NC2=O)c2ccc(C3CCN(C(=O)Nc4cc(CS(=O)(=O)N5CCC(Nc6cccc(-c7sc(C(=O)O)c(OCC(=O)O)c7Cl)c6)CC5(C)C)ccc4F)CC3)cc21. The number of fused-ring (bicyclic) bond motifs is 1. The third-order valence-electron chi connectivity index (χ3n) is 12.8. The molecule has 0 radical (unpaired) electrons. The van der Waals surface area contributed by atoms with E-state index in [2.05, 4.69) is 16.0 Å². The van der Waals surface area contributed by atoms with Crippen molar-refractivity contribution in [3.63, 3.8) is 0 Å². The van der Waals surface area contributed by atoms with E-state index in [-0.39, 0.29) is 64.3 Å². The van der Waals surface area contributed by atoms with Crippen LogP contribution in [0, 0.1) is 5.82 Å². The Morgan fingerprint density at radius 2 is 1.72 bits per heavy atom. The number of nitrogens with zero attached hydrogens (tertiary/aromatic N) is 4. The first-order valence-corrected chi connectivity index (χ1v) is 24.7. The molecule has 5 aromatic rings. The van der Waals surface area contributed by atoms with Crippen molar-refractivity contribution in [3.8, 4) is 16.2 Å². The summed E-state index contributed by atoms with van der Waals surface area (Å²) in [6.45, 7) is 3.78. The van der Waals surface area contributed by atoms with Crippen LogP contribution in [0.5, 0.6) is 5.75 Å². The summed E-state index contributed by atoms with van der Waals surface area (Å²) in [5.41, 5.74) is 2.37. The standard InChI is InChI=1S/C46H49ClFN7O11S2/c1-46(2)22-30(49-29-6-4-5-28(20-29)40-38(47)39(66-23-37(57)58)41(67-40)43(60)61)15-18-54(46)68(64,65)24-25-7-9-31(48)32(19-25)50-44(62)53-16-13-26(14-17-53)27-8-10-33-35(21-27)52(3)45(63)55(33)34-11-12-36(56)51-42(34)59/h4-10,19-21,26,30,34,49H,11-18,22-24H2,1-3H3,(H,50,62)(H,57,58)(H,60,61)(H,51,56,59). The normalized spacial score (nSPS) is 19.2. The summed E-state index contributed by atoms with van der Waals surface area (Å²) in [5.74, 6) is -4.81. The highest BCUT2D eigenvalue weighted by Gasteiger charge is 2.42. The number of aromatic nitrogens is 2. The lowest BCUT2D eigenvalue weighted by molar-refractivity contribution is -0.139. The molecule has 2 atom stereocenters. The van der Waals surface area contributed by atoms with Crippen molar-refractivity contribution >= 4 is 85.2 Å². The van der Waals surface area contributed by atoms with Crippen molar-refractivity contribution in [2.24, 2.45) is 7.05 Å². The van der Waals surface area contributed by atoms with Gasteiger partial charge in [0.05, 0.1) is 27.4 Å². The van der Waals surface area contributed by atoms with Crippen molar-refractivity contribution in [1.82, 2.24) is 23.7 Å². The van der Waals surface area contributed by atoms with Crippen LogP contribution in [-0.4, -0.2) is 105 Å². The molecule has 22 heteroatoms. The molecule has 0 aliphatic carbocycles. The minimum absolute atomic E-state index is 0.0241. The van der Waals surface area contributed by atoms with Gasteiger partial charge < -0.3 is 30.5 Å². The Hall–Kier alpha value is -6.29. The predicted molar refractivity (Wildman–Crippen MR) is 252 cm³/mol. The van der Waals surface area contributed by atoms with Gasteiger partial charge >= 0.3 is 23.7 Å². The Kier molecular flexibility index (Phi) is 13.5. The Morgan fingerprint density at radius 3 is 2.41 bits per heavy atom. The van der Waals surface area contributed by atoms with Crippen LogP contribution < -0.4 is 26.4 Å². The summed E-state index contributed by atoms with van der Waals surface area (Å²) in [6.07, 6.45) is 2.40. The van der Waals surface area contributed by atoms with Crippen LogP contribution in [0.4, 0.5) is 20.6 Å². The van der Waals surface area contributed by atoms with Gasteiger partial charge in [-0.1, -0.05) is 35.9 Å². The van der Waals surface area contributed by atoms with Gasteiger partial charge in [0.15, 0.2) is 17.2 Å². The van der Waals surface area contributed by atoms with Gasteiger partial charge in [-0.05, 0) is 105 Å². The van der Waals surface area contributed by atoms with Gasteiger partial charge in [0, 0.05) is 50.4 Å². The smallest absolute Gasteiger partial charge is 0.349 e. The van der Waals surface area contributed by atoms with Crippen LogP contribution in [0.25, 0.3) is 21.5 Å². The van der Waals surface area contributed by atoms with Gasteiger partial charge in [-0.2, -0.15) is 4.31 Å². The zero-order chi connectivity index (χ0) is 48.8. The number of hydrogen-bond donors (Lipinski definition) is 5. The first-order valence-electron chi connectivity index (χ1n) is 21.9. The first kappa shape index (κ1) is 48.2. The third-order valence-corrected chi connectivity index (χ3v) is 16.5. The molecule has 3 fully saturated rings. The number of ether oxygens (including phenoxy) is 1. The van der Waals surface area contributed by atoms with E-state index in [1.807, 2.05) is 32.0 Å². The summed E-state index contributed by atoms with van der Waals surface area (Å²) in [6, 6.07) is 15.1. The number of likely N-dealkylation sites (tertiary alicyclic amines) is 1. The fourth-order valence-electron chi connectivity index (χ4n) is 9.51. The van der Waals surface area contributed by atoms with Gasteiger partial charge in [-0.25, -0.2) is 32.0 Å². The number of piperidine rings is 3. The number of rotatable bonds is 13. The molecular formula is C46H49ClFN7O11S2. The number of imidazole rings is 1. The number of carboxylic acid groups (broad SMARTS) is 2. The van der Waals surface area contributed by atoms with E-state index >= 15 is 4.39 Å². The van der Waals surface area contributed by atoms with Crippen LogP contribution in [0.15, 0.2) is 65.5 Å². The number of anilines is 2. The third kappa shape index (κ3) is 9.83. The number of urea groups is 1. The highest BCUT2D eigenvalue weighted by molar-refractivity contribution is 7.88. The van der Waals surface area contributed by atoms with Gasteiger partial charge in [-0.15, -0.1) is 11.3 Å². The Bertz CT molecular complexity index is 3030. The molecule has 0 spiro atoms. The number of carbonyl (C=O) groups is 5. The second-order valence-corrected chi connectivity index (χ2v) is 21.2. The number of carbonyl (C=O) groups excluding carboxylic acids is 3. The maximum absolute atomic E-state index is 15.2. The first-order chi connectivity index (χ1) is 32.2. The largest absolute Gasteiger partial charge is 0.479 e. The molecule has 5 N–H and O–H groups in total. The average molecular weight is 995 g/mol. The molecule has 18 nitrogen and oxygen atoms in total. The number of carboxylic acids is 2. The van der Waals surface area contributed by atoms with Crippen LogP contribution in [0.3, 0.4) is 0 Å². The van der Waals surface area contributed by atoms with Crippen LogP contribution in [0.2, 0.25) is 5.02 Å². The van der Waals surface area contributed by atoms with Gasteiger partial charge in [0.1, 0.15) is 16.9 Å². The molecule has 0 bridgehead atoms. The van der Waals surface area contributed by atoms with E-state index in [4.69, 9.17) is 21.4 Å². The van der Waals surface area contributed by atoms with E-state index in [0.717, 1.165) is 23.0 Å². The number of sulfonamides is 1. The second-order valence-electron chi connectivity index (χ2n) is 17.9. The van der Waals surface area contributed by atoms with Crippen molar-refractivity contribution in [2.45, 2.75) is 81.7 Å². The van der Waals surface area contributed by atoms with Crippen LogP contribution in [0.1, 0.15) is 85.1 Å². The topological polar surface area (TPSA) is 239 Å². The zero-order valence-electron chi connectivity index (χ0n) is 37.2. The van der Waals surface area contributed by atoms with Crippen molar-refractivity contribution < 1.29 is 51.7 Å². The van der Waals surface area contributed by atoms with Crippen molar-refractivity contribution in [3.05, 3.63) is 98.0 Å². The molecule has 3 aliphatic rings. The van der Waals surface area contributed by atoms with Gasteiger partial charge in [-0.3, -0.25) is 24.0 Å². The number of imide groups is 1. The molecule has 3 aromatic carbocycles. The summed E-state index contributed by atoms with van der Waals surface area (Å²) < 4.78 is 52.8. The average Bonchev–Trinajstić information content (AvgIpc) is 3.74. The lowest BCUT2D eigenvalue weighted by Gasteiger charge is -2.45. The lowest BCUT2D eigenvalue weighted by atomic mass is 9.89. The number of aliphatic carboxylic acids is 1. The number of thiophene rings is 1. The number of aromatic carboxylic acids is 1. The second kappa shape index (κ2) is 19.0. The quantitative estimate of drug-likeness (QED) is 0.0785. The maximum atomic E-state index is 15.2. The zero-order valence-corrected chi connectivity index (χ0v) is 39.6. The summed E-state index contributed by atoms with van der Waals surface area (Å²) >= 11 is 7.37. The predicted octanol–water partition coefficient (Wildman–Crippen LogP) is 6.60. The highest BCUT2D eigenvalue weighted by Crippen LogP contribution is 2.46. The number of amides is 4. The Balaban J connectivity index is 0.873. The fraction of sp³-hybridized carbons (Fsp3) is 0.391. The van der Waals surface area contributed by atoms with E-state index in [9.17, 15) is 42.3 Å². The summed E-state index contributed by atoms with van der Waals surface area (Å²) in [4.78, 5) is 75.8. The maximum Gasteiger partial charge on any atom is 0.349 e. The highest BCUT2D eigenvalue weighted by atomic mass is 35.5. The number of halogens is 2. The van der Waals surface area contributed by atoms with E-state index < -0.39 is 63.7 Å². The summed E-state index contributed by atoms with van der Waals surface area (Å²) in [5, 5.41) is 27.1. The Labute approximate surface area is 398 Å². The molecule has 3 aliphatic heterocycles. The molecule has 4 amide bonds. The van der Waals surface area contributed by atoms with Crippen molar-refractivity contribution in [2.75, 3.05) is 36.9 Å². The fourth-order valence-corrected chi connectivity index (χ4v) is 12.9. The molecule has 68 heavy (non-hydrogen) atoms. The number of nitrogens with one attached hydrogen (secondary N) is 3. The van der Waals surface area contributed by atoms with Gasteiger partial charge in [0.2, 0.25) is 21.8 Å². The molecule has 0 saturated carbocycles. The molecule has 5 heterocycles. The van der Waals surface area contributed by atoms with Crippen LogP contribution >= 0.6 is 22.9 Å². The van der Waals surface area contributed by atoms with E-state index in [0.29, 0.717) is 71.5 Å². The molecule has 2 aromatic heterocycles. The molecule has 360 valence electrons. The van der Waals surface area contributed by atoms with Crippen LogP contribution in [-0.2, 0) is 37.2 Å². The number of hydrogen-bond acceptors (Lipinski definition) is 11. The van der Waals surface area contributed by atoms with E-state index in [1.165, 1.54) is 25.6 Å².